The first-order chi connectivity index (χ1) is 10.5. The number of carbonyl (C=O) groups excluding carboxylic acids is 2. The van der Waals surface area contributed by atoms with E-state index in [4.69, 9.17) is 4.74 Å². The van der Waals surface area contributed by atoms with Gasteiger partial charge in [-0.05, 0) is 53.6 Å². The molecule has 0 heterocycles. The number of nitrogens with one attached hydrogen (secondary N) is 2. The van der Waals surface area contributed by atoms with Gasteiger partial charge in [-0.1, -0.05) is 6.92 Å². The lowest BCUT2D eigenvalue weighted by Crippen LogP contribution is -2.38. The summed E-state index contributed by atoms with van der Waals surface area (Å²) in [6.07, 6.45) is 2.11. The van der Waals surface area contributed by atoms with E-state index in [2.05, 4.69) is 15.8 Å². The first-order valence-electron chi connectivity index (χ1n) is 6.76. The van der Waals surface area contributed by atoms with E-state index in [1.165, 1.54) is 6.21 Å². The number of halogens is 1. The van der Waals surface area contributed by atoms with Gasteiger partial charge in [-0.3, -0.25) is 9.59 Å². The Morgan fingerprint density at radius 3 is 2.73 bits per heavy atom. The van der Waals surface area contributed by atoms with Crippen LogP contribution in [-0.2, 0) is 9.59 Å². The normalized spacial score (nSPS) is 10.5. The molecule has 0 radical (unpaired) electrons. The first-order valence-corrected chi connectivity index (χ1v) is 7.84. The van der Waals surface area contributed by atoms with Crippen LogP contribution >= 0.6 is 22.6 Å². The van der Waals surface area contributed by atoms with Gasteiger partial charge in [-0.15, -0.1) is 0 Å². The Morgan fingerprint density at radius 1 is 1.36 bits per heavy atom. The molecule has 0 aliphatic heterocycles. The zero-order chi connectivity index (χ0) is 16.5. The second-order valence-corrected chi connectivity index (χ2v) is 5.40. The van der Waals surface area contributed by atoms with E-state index in [9.17, 15) is 14.7 Å². The fraction of sp³-hybridized carbons (Fsp3) is 0.357. The molecule has 0 aliphatic rings. The number of phenolic OH excluding ortho intramolecular Hbond substituents is 1. The number of hydrazone groups is 1. The minimum atomic E-state index is -0.830. The van der Waals surface area contributed by atoms with Crippen molar-refractivity contribution in [3.05, 3.63) is 21.3 Å². The lowest BCUT2D eigenvalue weighted by molar-refractivity contribution is -0.139. The maximum Gasteiger partial charge on any atom is 0.329 e. The quantitative estimate of drug-likeness (QED) is 0.281. The minimum Gasteiger partial charge on any atom is -0.504 e. The number of hydrogen-bond acceptors (Lipinski definition) is 5. The molecule has 3 N–H and O–H groups in total. The van der Waals surface area contributed by atoms with Crippen molar-refractivity contribution in [3.8, 4) is 11.5 Å². The van der Waals surface area contributed by atoms with Gasteiger partial charge in [0.1, 0.15) is 0 Å². The highest BCUT2D eigenvalue weighted by molar-refractivity contribution is 14.1. The van der Waals surface area contributed by atoms with Crippen molar-refractivity contribution in [1.29, 1.82) is 0 Å². The van der Waals surface area contributed by atoms with Gasteiger partial charge in [0.05, 0.1) is 16.4 Å². The van der Waals surface area contributed by atoms with Crippen LogP contribution in [0.15, 0.2) is 17.2 Å². The molecule has 120 valence electrons. The fourth-order valence-corrected chi connectivity index (χ4v) is 2.09. The molecular formula is C14H18IN3O4. The van der Waals surface area contributed by atoms with E-state index in [0.717, 1.165) is 6.42 Å². The van der Waals surface area contributed by atoms with Gasteiger partial charge in [-0.2, -0.15) is 5.10 Å². The van der Waals surface area contributed by atoms with E-state index in [1.807, 2.05) is 36.4 Å². The van der Waals surface area contributed by atoms with Crippen molar-refractivity contribution in [1.82, 2.24) is 10.7 Å². The topological polar surface area (TPSA) is 100 Å². The maximum atomic E-state index is 11.4. The summed E-state index contributed by atoms with van der Waals surface area (Å²) >= 11 is 1.96. The van der Waals surface area contributed by atoms with Crippen LogP contribution in [0, 0.1) is 3.57 Å². The molecular weight excluding hydrogens is 401 g/mol. The first kappa shape index (κ1) is 18.2. The zero-order valence-electron chi connectivity index (χ0n) is 12.4. The number of nitrogens with zero attached hydrogens (tertiary/aromatic N) is 1. The average molecular weight is 419 g/mol. The fourth-order valence-electron chi connectivity index (χ4n) is 1.47. The van der Waals surface area contributed by atoms with Crippen molar-refractivity contribution in [3.63, 3.8) is 0 Å². The third-order valence-corrected chi connectivity index (χ3v) is 3.29. The molecule has 0 aromatic heterocycles. The molecule has 0 atom stereocenters. The lowest BCUT2D eigenvalue weighted by Gasteiger charge is -2.08. The van der Waals surface area contributed by atoms with Crippen LogP contribution in [0.4, 0.5) is 0 Å². The Bertz CT molecular complexity index is 575. The molecule has 1 aromatic rings. The molecule has 1 aromatic carbocycles. The molecule has 22 heavy (non-hydrogen) atoms. The minimum absolute atomic E-state index is 0.0579. The highest BCUT2D eigenvalue weighted by atomic mass is 127. The van der Waals surface area contributed by atoms with Crippen molar-refractivity contribution in [2.24, 2.45) is 5.10 Å². The van der Waals surface area contributed by atoms with Crippen LogP contribution in [0.25, 0.3) is 0 Å². The molecule has 7 nitrogen and oxygen atoms in total. The summed E-state index contributed by atoms with van der Waals surface area (Å²) in [7, 11) is 0. The third-order valence-electron chi connectivity index (χ3n) is 2.47. The number of ether oxygens (including phenoxy) is 1. The Kier molecular flexibility index (Phi) is 7.64. The van der Waals surface area contributed by atoms with Crippen LogP contribution in [0.1, 0.15) is 25.8 Å². The summed E-state index contributed by atoms with van der Waals surface area (Å²) in [6, 6.07) is 3.26. The summed E-state index contributed by atoms with van der Waals surface area (Å²) in [5, 5.41) is 16.0. The second kappa shape index (κ2) is 9.23. The smallest absolute Gasteiger partial charge is 0.329 e. The number of phenols is 1. The molecule has 0 saturated heterocycles. The van der Waals surface area contributed by atoms with Crippen molar-refractivity contribution >= 4 is 40.6 Å². The number of rotatable bonds is 6. The SMILES string of the molecule is CCCNC(=O)C(=O)N/N=C\c1cc(I)c(O)c(OCC)c1. The maximum absolute atomic E-state index is 11.4. The Balaban J connectivity index is 2.70. The van der Waals surface area contributed by atoms with Gasteiger partial charge < -0.3 is 15.2 Å². The predicted molar refractivity (Wildman–Crippen MR) is 91.0 cm³/mol. The van der Waals surface area contributed by atoms with Crippen LogP contribution in [0.3, 0.4) is 0 Å². The van der Waals surface area contributed by atoms with Crippen LogP contribution in [0.5, 0.6) is 11.5 Å². The third kappa shape index (κ3) is 5.51. The molecule has 2 amide bonds. The van der Waals surface area contributed by atoms with Gasteiger partial charge in [0.25, 0.3) is 0 Å². The molecule has 0 aliphatic carbocycles. The lowest BCUT2D eigenvalue weighted by atomic mass is 10.2. The van der Waals surface area contributed by atoms with Crippen molar-refractivity contribution in [2.45, 2.75) is 20.3 Å². The molecule has 0 unspecified atom stereocenters. The van der Waals surface area contributed by atoms with E-state index < -0.39 is 11.8 Å². The standard InChI is InChI=1S/C14H18IN3O4/c1-3-5-16-13(20)14(21)18-17-8-9-6-10(15)12(19)11(7-9)22-4-2/h6-8,19H,3-5H2,1-2H3,(H,16,20)(H,18,21)/b17-8-. The number of aromatic hydroxyl groups is 1. The number of benzene rings is 1. The van der Waals surface area contributed by atoms with Gasteiger partial charge in [0.15, 0.2) is 11.5 Å². The Hall–Kier alpha value is -1.84. The number of hydrogen-bond donors (Lipinski definition) is 3. The average Bonchev–Trinajstić information content (AvgIpc) is 2.49. The Morgan fingerprint density at radius 2 is 2.09 bits per heavy atom. The largest absolute Gasteiger partial charge is 0.504 e. The van der Waals surface area contributed by atoms with E-state index in [1.54, 1.807) is 12.1 Å². The van der Waals surface area contributed by atoms with Gasteiger partial charge in [0.2, 0.25) is 0 Å². The van der Waals surface area contributed by atoms with Crippen molar-refractivity contribution < 1.29 is 19.4 Å². The van der Waals surface area contributed by atoms with E-state index >= 15 is 0 Å². The van der Waals surface area contributed by atoms with E-state index in [-0.39, 0.29) is 5.75 Å². The summed E-state index contributed by atoms with van der Waals surface area (Å²) in [6.45, 7) is 4.54. The number of amides is 2. The summed E-state index contributed by atoms with van der Waals surface area (Å²) < 4.78 is 5.89. The Labute approximate surface area is 142 Å². The van der Waals surface area contributed by atoms with Crippen LogP contribution in [-0.4, -0.2) is 36.3 Å². The summed E-state index contributed by atoms with van der Waals surface area (Å²) in [4.78, 5) is 22.8. The highest BCUT2D eigenvalue weighted by Gasteiger charge is 2.11. The molecule has 1 rings (SSSR count). The van der Waals surface area contributed by atoms with E-state index in [0.29, 0.717) is 28.0 Å². The molecule has 0 fully saturated rings. The van der Waals surface area contributed by atoms with Crippen molar-refractivity contribution in [2.75, 3.05) is 13.2 Å². The van der Waals surface area contributed by atoms with Gasteiger partial charge in [0, 0.05) is 6.54 Å². The van der Waals surface area contributed by atoms with Crippen LogP contribution < -0.4 is 15.5 Å². The highest BCUT2D eigenvalue weighted by Crippen LogP contribution is 2.32. The molecule has 0 saturated carbocycles. The molecule has 0 spiro atoms. The summed E-state index contributed by atoms with van der Waals surface area (Å²) in [5.74, 6) is -1.16. The second-order valence-electron chi connectivity index (χ2n) is 4.24. The zero-order valence-corrected chi connectivity index (χ0v) is 14.5. The van der Waals surface area contributed by atoms with Gasteiger partial charge in [-0.25, -0.2) is 5.43 Å². The van der Waals surface area contributed by atoms with Crippen LogP contribution in [0.2, 0.25) is 0 Å². The predicted octanol–water partition coefficient (Wildman–Crippen LogP) is 1.37. The summed E-state index contributed by atoms with van der Waals surface area (Å²) in [5.41, 5.74) is 2.76. The number of carbonyl (C=O) groups is 2. The molecule has 8 heteroatoms. The molecule has 0 bridgehead atoms. The van der Waals surface area contributed by atoms with Gasteiger partial charge >= 0.3 is 11.8 Å². The monoisotopic (exact) mass is 419 g/mol.